The van der Waals surface area contributed by atoms with E-state index in [1.54, 1.807) is 0 Å². The Balaban J connectivity index is 0.000000132. The highest BCUT2D eigenvalue weighted by atomic mass is 15.0. The smallest absolute Gasteiger partial charge is 0.0547 e. The zero-order chi connectivity index (χ0) is 72.1. The first-order chi connectivity index (χ1) is 54.5. The van der Waals surface area contributed by atoms with Crippen LogP contribution in [0.15, 0.2) is 388 Å². The standard InChI is InChI=1S/C54H35N.C53H34N2/c1-2-11-34(12-3-1)37-16-10-17-43(31-37)55-50-27-24-39(33-49(50)54-51(55)28-25-42-30-40-15-6-7-18-44(40)53(42)54)38-23-26-47-48(32-38)45-19-8-9-20-46(45)52(47)41-22-21-35-13-4-5-14-36(35)29-41;1-2-11-34(12-3-1)37-16-10-17-41(29-37)55-51-27-23-39(32-48(51)53-47-33-40-15-6-7-18-43(40)44(47)25-28-52(53)55)38-22-26-50-46(31-38)45-19-8-9-20-49(45)54(50)42-24-21-35-13-4-5-14-36(35)30-42/h1-29,31-33,52H,30H2;1-32H,33H2. The van der Waals surface area contributed by atoms with Crippen molar-refractivity contribution in [2.24, 2.45) is 0 Å². The van der Waals surface area contributed by atoms with Gasteiger partial charge in [-0.15, -0.1) is 0 Å². The Hall–Kier alpha value is -14.1. The number of nitrogens with zero attached hydrogens (tertiary/aromatic N) is 3. The average Bonchev–Trinajstić information content (AvgIpc) is 1.36. The van der Waals surface area contributed by atoms with Gasteiger partial charge in [0.1, 0.15) is 0 Å². The number of fused-ring (bicyclic) bond motifs is 22. The van der Waals surface area contributed by atoms with Crippen LogP contribution >= 0.6 is 0 Å². The molecule has 0 radical (unpaired) electrons. The number of aromatic nitrogens is 3. The van der Waals surface area contributed by atoms with Crippen LogP contribution in [0.2, 0.25) is 0 Å². The van der Waals surface area contributed by atoms with Gasteiger partial charge < -0.3 is 13.7 Å². The predicted octanol–water partition coefficient (Wildman–Crippen LogP) is 27.9. The molecule has 512 valence electrons. The van der Waals surface area contributed by atoms with Crippen molar-refractivity contribution in [1.82, 2.24) is 13.7 Å². The molecule has 110 heavy (non-hydrogen) atoms. The lowest BCUT2D eigenvalue weighted by Crippen LogP contribution is -1.99. The molecule has 0 aliphatic heterocycles. The summed E-state index contributed by atoms with van der Waals surface area (Å²) in [4.78, 5) is 0. The minimum Gasteiger partial charge on any atom is -0.309 e. The zero-order valence-electron chi connectivity index (χ0n) is 60.3. The first-order valence-electron chi connectivity index (χ1n) is 38.5. The highest BCUT2D eigenvalue weighted by Crippen LogP contribution is 2.52. The van der Waals surface area contributed by atoms with Crippen LogP contribution in [-0.4, -0.2) is 13.7 Å². The van der Waals surface area contributed by atoms with Crippen LogP contribution in [0.25, 0.3) is 182 Å². The Morgan fingerprint density at radius 3 is 1.37 bits per heavy atom. The molecule has 21 aromatic rings. The highest BCUT2D eigenvalue weighted by Gasteiger charge is 2.32. The van der Waals surface area contributed by atoms with Gasteiger partial charge in [0.15, 0.2) is 0 Å². The van der Waals surface area contributed by atoms with E-state index < -0.39 is 0 Å². The van der Waals surface area contributed by atoms with E-state index in [9.17, 15) is 0 Å². The second-order valence-corrected chi connectivity index (χ2v) is 30.2. The van der Waals surface area contributed by atoms with Crippen LogP contribution in [0, 0.1) is 0 Å². The second-order valence-electron chi connectivity index (χ2n) is 30.2. The molecular formula is C107H69N3. The Bertz CT molecular complexity index is 7410. The predicted molar refractivity (Wildman–Crippen MR) is 462 cm³/mol. The van der Waals surface area contributed by atoms with E-state index in [0.29, 0.717) is 0 Å². The summed E-state index contributed by atoms with van der Waals surface area (Å²) in [5, 5.41) is 12.9. The Morgan fingerprint density at radius 2 is 0.673 bits per heavy atom. The minimum absolute atomic E-state index is 0.208. The van der Waals surface area contributed by atoms with Gasteiger partial charge >= 0.3 is 0 Å². The van der Waals surface area contributed by atoms with Crippen molar-refractivity contribution in [3.63, 3.8) is 0 Å². The van der Waals surface area contributed by atoms with Crippen LogP contribution in [0.1, 0.15) is 44.9 Å². The molecular weight excluding hydrogens is 1330 g/mol. The fraction of sp³-hybridized carbons (Fsp3) is 0.0280. The summed E-state index contributed by atoms with van der Waals surface area (Å²) in [6.45, 7) is 0. The van der Waals surface area contributed by atoms with E-state index in [-0.39, 0.29) is 5.92 Å². The molecule has 0 spiro atoms. The number of rotatable bonds is 8. The molecule has 3 aliphatic carbocycles. The van der Waals surface area contributed by atoms with Crippen molar-refractivity contribution < 1.29 is 0 Å². The van der Waals surface area contributed by atoms with Gasteiger partial charge in [0.05, 0.1) is 33.1 Å². The number of hydrogen-bond acceptors (Lipinski definition) is 0. The molecule has 1 unspecified atom stereocenters. The average molecular weight is 1400 g/mol. The molecule has 18 aromatic carbocycles. The molecule has 3 heterocycles. The molecule has 24 rings (SSSR count). The quantitative estimate of drug-likeness (QED) is 0.144. The van der Waals surface area contributed by atoms with Gasteiger partial charge in [-0.3, -0.25) is 0 Å². The first-order valence-corrected chi connectivity index (χ1v) is 38.5. The van der Waals surface area contributed by atoms with Crippen molar-refractivity contribution in [1.29, 1.82) is 0 Å². The maximum atomic E-state index is 2.48. The molecule has 0 fully saturated rings. The van der Waals surface area contributed by atoms with E-state index in [1.165, 1.54) is 221 Å². The van der Waals surface area contributed by atoms with Crippen LogP contribution in [0.5, 0.6) is 0 Å². The Labute approximate surface area is 637 Å². The van der Waals surface area contributed by atoms with Gasteiger partial charge in [-0.1, -0.05) is 291 Å². The van der Waals surface area contributed by atoms with Gasteiger partial charge in [-0.2, -0.15) is 0 Å². The van der Waals surface area contributed by atoms with Crippen molar-refractivity contribution >= 4 is 87.0 Å². The summed E-state index contributed by atoms with van der Waals surface area (Å²) in [5.41, 5.74) is 38.6. The Morgan fingerprint density at radius 1 is 0.209 bits per heavy atom. The highest BCUT2D eigenvalue weighted by molar-refractivity contribution is 6.19. The molecule has 0 saturated heterocycles. The third kappa shape index (κ3) is 9.77. The van der Waals surface area contributed by atoms with Crippen LogP contribution in [0.4, 0.5) is 0 Å². The lowest BCUT2D eigenvalue weighted by molar-refractivity contribution is 1.02. The summed E-state index contributed by atoms with van der Waals surface area (Å²) in [6, 6.07) is 144. The molecule has 3 aliphatic rings. The summed E-state index contributed by atoms with van der Waals surface area (Å²) in [7, 11) is 0. The van der Waals surface area contributed by atoms with E-state index in [2.05, 4.69) is 402 Å². The third-order valence-electron chi connectivity index (χ3n) is 24.2. The number of hydrogen-bond donors (Lipinski definition) is 0. The van der Waals surface area contributed by atoms with E-state index in [0.717, 1.165) is 12.8 Å². The number of benzene rings is 18. The largest absolute Gasteiger partial charge is 0.309 e. The van der Waals surface area contributed by atoms with Gasteiger partial charge in [0.25, 0.3) is 0 Å². The number of para-hydroxylation sites is 1. The molecule has 0 saturated carbocycles. The van der Waals surface area contributed by atoms with Crippen molar-refractivity contribution in [3.05, 3.63) is 427 Å². The van der Waals surface area contributed by atoms with Crippen molar-refractivity contribution in [2.75, 3.05) is 0 Å². The van der Waals surface area contributed by atoms with E-state index in [1.807, 2.05) is 0 Å². The summed E-state index contributed by atoms with van der Waals surface area (Å²) in [6.07, 6.45) is 1.91. The fourth-order valence-corrected chi connectivity index (χ4v) is 19.2. The van der Waals surface area contributed by atoms with Crippen LogP contribution < -0.4 is 0 Å². The summed E-state index contributed by atoms with van der Waals surface area (Å²) < 4.78 is 7.38. The molecule has 1 atom stereocenters. The van der Waals surface area contributed by atoms with Gasteiger partial charge in [0.2, 0.25) is 0 Å². The molecule has 3 nitrogen and oxygen atoms in total. The molecule has 3 aromatic heterocycles. The molecule has 3 heteroatoms. The second kappa shape index (κ2) is 24.7. The van der Waals surface area contributed by atoms with Crippen LogP contribution in [0.3, 0.4) is 0 Å². The monoisotopic (exact) mass is 1400 g/mol. The molecule has 0 bridgehead atoms. The zero-order valence-corrected chi connectivity index (χ0v) is 60.3. The van der Waals surface area contributed by atoms with Crippen molar-refractivity contribution in [3.8, 4) is 95.0 Å². The Kier molecular flexibility index (Phi) is 14.0. The SMILES string of the molecule is c1ccc(-c2cccc(-n3c4ccc(-c5ccc6c(c5)-c5ccccc5C6c5ccc6ccccc6c5)cc4c4c5c(ccc43)Cc3ccccc3-5)c2)cc1.c1ccc(-c2cccc(-n3c4ccc(-c5ccc6c(c5)c5ccccc5n6-c5ccc6ccccc6c5)cc4c4c5c(ccc43)-c3ccccc3C5)c2)cc1. The fourth-order valence-electron chi connectivity index (χ4n) is 19.2. The topological polar surface area (TPSA) is 14.8 Å². The minimum atomic E-state index is 0.208. The lowest BCUT2D eigenvalue weighted by Gasteiger charge is -2.16. The van der Waals surface area contributed by atoms with E-state index >= 15 is 0 Å². The van der Waals surface area contributed by atoms with E-state index in [4.69, 9.17) is 0 Å². The summed E-state index contributed by atoms with van der Waals surface area (Å²) in [5.74, 6) is 0.208. The molecule has 0 amide bonds. The third-order valence-corrected chi connectivity index (χ3v) is 24.2. The maximum Gasteiger partial charge on any atom is 0.0547 e. The molecule has 0 N–H and O–H groups in total. The van der Waals surface area contributed by atoms with Crippen LogP contribution in [-0.2, 0) is 12.8 Å². The lowest BCUT2D eigenvalue weighted by atomic mass is 9.87. The summed E-state index contributed by atoms with van der Waals surface area (Å²) >= 11 is 0. The van der Waals surface area contributed by atoms with Gasteiger partial charge in [0, 0.05) is 55.3 Å². The van der Waals surface area contributed by atoms with Gasteiger partial charge in [-0.25, -0.2) is 0 Å². The first kappa shape index (κ1) is 62.1. The van der Waals surface area contributed by atoms with Gasteiger partial charge in [-0.05, 0) is 248 Å². The van der Waals surface area contributed by atoms with Crippen molar-refractivity contribution in [2.45, 2.75) is 18.8 Å². The normalized spacial score (nSPS) is 13.1. The maximum absolute atomic E-state index is 2.48.